The number of hydrogen-bond acceptors (Lipinski definition) is 4. The van der Waals surface area contributed by atoms with Crippen molar-refractivity contribution in [1.82, 2.24) is 10.9 Å². The molecule has 0 atom stereocenters. The van der Waals surface area contributed by atoms with E-state index in [9.17, 15) is 9.59 Å². The number of rotatable bonds is 7. The SMILES string of the molecule is O=C(CCC(=O)N/N=C/c1c2ccccc2cc2ccccc12)N/N=C\c1c2ccccc2cc2ccccc12. The molecule has 40 heavy (non-hydrogen) atoms. The van der Waals surface area contributed by atoms with Gasteiger partial charge < -0.3 is 0 Å². The first-order valence-electron chi connectivity index (χ1n) is 13.1. The fourth-order valence-corrected chi connectivity index (χ4v) is 5.05. The third kappa shape index (κ3) is 5.15. The maximum Gasteiger partial charge on any atom is 0.240 e. The normalized spacial score (nSPS) is 11.7. The van der Waals surface area contributed by atoms with Crippen molar-refractivity contribution in [2.24, 2.45) is 10.2 Å². The first-order valence-corrected chi connectivity index (χ1v) is 13.1. The summed E-state index contributed by atoms with van der Waals surface area (Å²) in [5, 5.41) is 17.0. The summed E-state index contributed by atoms with van der Waals surface area (Å²) < 4.78 is 0. The standard InChI is InChI=1S/C34H26N4O2/c39-33(37-35-21-31-27-13-5-1-9-23(27)19-24-10-2-6-14-28(24)31)17-18-34(40)38-36-22-32-29-15-7-3-11-25(29)20-26-12-4-8-16-30(26)32/h1-16,19-22H,17-18H2,(H,37,39)(H,38,40)/b35-21-,36-22+. The molecule has 6 rings (SSSR count). The van der Waals surface area contributed by atoms with Gasteiger partial charge in [-0.05, 0) is 55.2 Å². The fraction of sp³-hybridized carbons (Fsp3) is 0.0588. The van der Waals surface area contributed by atoms with Crippen LogP contribution in [0.3, 0.4) is 0 Å². The van der Waals surface area contributed by atoms with Crippen molar-refractivity contribution >= 4 is 67.3 Å². The van der Waals surface area contributed by atoms with Crippen molar-refractivity contribution < 1.29 is 9.59 Å². The van der Waals surface area contributed by atoms with Crippen molar-refractivity contribution in [1.29, 1.82) is 0 Å². The lowest BCUT2D eigenvalue weighted by Crippen LogP contribution is -2.22. The Hall–Kier alpha value is -5.36. The van der Waals surface area contributed by atoms with Crippen LogP contribution < -0.4 is 10.9 Å². The zero-order valence-electron chi connectivity index (χ0n) is 21.7. The van der Waals surface area contributed by atoms with Crippen LogP contribution in [0, 0.1) is 0 Å². The molecule has 194 valence electrons. The lowest BCUT2D eigenvalue weighted by atomic mass is 9.97. The van der Waals surface area contributed by atoms with Crippen LogP contribution >= 0.6 is 0 Å². The highest BCUT2D eigenvalue weighted by Gasteiger charge is 2.09. The van der Waals surface area contributed by atoms with Gasteiger partial charge in [-0.1, -0.05) is 97.1 Å². The molecule has 2 N–H and O–H groups in total. The molecule has 0 aliphatic rings. The van der Waals surface area contributed by atoms with Crippen molar-refractivity contribution in [2.75, 3.05) is 0 Å². The monoisotopic (exact) mass is 522 g/mol. The molecule has 6 heteroatoms. The summed E-state index contributed by atoms with van der Waals surface area (Å²) in [7, 11) is 0. The summed E-state index contributed by atoms with van der Waals surface area (Å²) in [6.07, 6.45) is 3.32. The molecule has 6 aromatic rings. The van der Waals surface area contributed by atoms with Gasteiger partial charge in [0, 0.05) is 24.0 Å². The van der Waals surface area contributed by atoms with Gasteiger partial charge in [0.25, 0.3) is 0 Å². The van der Waals surface area contributed by atoms with Gasteiger partial charge in [0.2, 0.25) is 11.8 Å². The minimum absolute atomic E-state index is 0.00776. The van der Waals surface area contributed by atoms with Crippen LogP contribution in [0.25, 0.3) is 43.1 Å². The van der Waals surface area contributed by atoms with Gasteiger partial charge in [0.15, 0.2) is 0 Å². The highest BCUT2D eigenvalue weighted by molar-refractivity contribution is 6.14. The number of carbonyl (C=O) groups excluding carboxylic acids is 2. The van der Waals surface area contributed by atoms with E-state index in [0.717, 1.165) is 54.2 Å². The van der Waals surface area contributed by atoms with Crippen LogP contribution in [0.15, 0.2) is 119 Å². The number of amides is 2. The second kappa shape index (κ2) is 11.2. The minimum Gasteiger partial charge on any atom is -0.273 e. The van der Waals surface area contributed by atoms with Crippen LogP contribution in [0.2, 0.25) is 0 Å². The number of benzene rings is 6. The van der Waals surface area contributed by atoms with E-state index < -0.39 is 0 Å². The number of hydrogen-bond donors (Lipinski definition) is 2. The molecular formula is C34H26N4O2. The highest BCUT2D eigenvalue weighted by atomic mass is 16.2. The third-order valence-electron chi connectivity index (χ3n) is 6.97. The number of fused-ring (bicyclic) bond motifs is 4. The second-order valence-corrected chi connectivity index (χ2v) is 9.55. The smallest absolute Gasteiger partial charge is 0.240 e. The topological polar surface area (TPSA) is 82.9 Å². The minimum atomic E-state index is -0.347. The third-order valence-corrected chi connectivity index (χ3v) is 6.97. The zero-order chi connectivity index (χ0) is 27.3. The van der Waals surface area contributed by atoms with Crippen LogP contribution in [-0.2, 0) is 9.59 Å². The number of hydrazone groups is 2. The molecule has 0 saturated carbocycles. The second-order valence-electron chi connectivity index (χ2n) is 9.55. The van der Waals surface area contributed by atoms with Gasteiger partial charge >= 0.3 is 0 Å². The molecule has 6 nitrogen and oxygen atoms in total. The molecule has 0 fully saturated rings. The van der Waals surface area contributed by atoms with E-state index in [-0.39, 0.29) is 24.7 Å². The zero-order valence-corrected chi connectivity index (χ0v) is 21.7. The molecule has 0 saturated heterocycles. The van der Waals surface area contributed by atoms with E-state index in [4.69, 9.17) is 0 Å². The van der Waals surface area contributed by atoms with Crippen LogP contribution in [0.5, 0.6) is 0 Å². The average molecular weight is 523 g/mol. The maximum absolute atomic E-state index is 12.4. The predicted octanol–water partition coefficient (Wildman–Crippen LogP) is 6.68. The largest absolute Gasteiger partial charge is 0.273 e. The molecule has 0 unspecified atom stereocenters. The summed E-state index contributed by atoms with van der Waals surface area (Å²) in [6.45, 7) is 0. The van der Waals surface area contributed by atoms with Gasteiger partial charge in [-0.15, -0.1) is 0 Å². The van der Waals surface area contributed by atoms with Gasteiger partial charge in [-0.3, -0.25) is 9.59 Å². The van der Waals surface area contributed by atoms with Crippen molar-refractivity contribution in [3.63, 3.8) is 0 Å². The molecule has 0 radical (unpaired) electrons. The van der Waals surface area contributed by atoms with Crippen molar-refractivity contribution in [3.8, 4) is 0 Å². The number of nitrogens with zero attached hydrogens (tertiary/aromatic N) is 2. The van der Waals surface area contributed by atoms with Gasteiger partial charge in [0.1, 0.15) is 0 Å². The summed E-state index contributed by atoms with van der Waals surface area (Å²) in [6, 6.07) is 36.6. The van der Waals surface area contributed by atoms with Crippen LogP contribution in [-0.4, -0.2) is 24.2 Å². The van der Waals surface area contributed by atoms with E-state index in [0.29, 0.717) is 0 Å². The average Bonchev–Trinajstić information content (AvgIpc) is 2.99. The van der Waals surface area contributed by atoms with Crippen molar-refractivity contribution in [3.05, 3.63) is 120 Å². The Morgan fingerprint density at radius 3 is 1.12 bits per heavy atom. The van der Waals surface area contributed by atoms with Gasteiger partial charge in [0.05, 0.1) is 12.4 Å². The first kappa shape index (κ1) is 24.9. The predicted molar refractivity (Wildman–Crippen MR) is 164 cm³/mol. The molecule has 0 aliphatic carbocycles. The molecule has 0 aliphatic heterocycles. The quantitative estimate of drug-likeness (QED) is 0.139. The Morgan fingerprint density at radius 1 is 0.500 bits per heavy atom. The fourth-order valence-electron chi connectivity index (χ4n) is 5.05. The lowest BCUT2D eigenvalue weighted by Gasteiger charge is -2.08. The molecule has 0 spiro atoms. The Morgan fingerprint density at radius 2 is 0.800 bits per heavy atom. The van der Waals surface area contributed by atoms with Crippen LogP contribution in [0.1, 0.15) is 24.0 Å². The Balaban J connectivity index is 1.09. The summed E-state index contributed by atoms with van der Waals surface area (Å²) in [5.74, 6) is -0.695. The molecular weight excluding hydrogens is 496 g/mol. The van der Waals surface area contributed by atoms with Crippen molar-refractivity contribution in [2.45, 2.75) is 12.8 Å². The van der Waals surface area contributed by atoms with E-state index in [1.165, 1.54) is 0 Å². The molecule has 0 bridgehead atoms. The van der Waals surface area contributed by atoms with E-state index in [1.807, 2.05) is 72.8 Å². The Bertz CT molecular complexity index is 1710. The molecule has 6 aromatic carbocycles. The molecule has 0 heterocycles. The first-order chi connectivity index (χ1) is 19.7. The molecule has 2 amide bonds. The van der Waals surface area contributed by atoms with E-state index in [1.54, 1.807) is 12.4 Å². The van der Waals surface area contributed by atoms with Gasteiger partial charge in [-0.25, -0.2) is 10.9 Å². The number of nitrogens with one attached hydrogen (secondary N) is 2. The lowest BCUT2D eigenvalue weighted by molar-refractivity contribution is -0.126. The Labute approximate surface area is 231 Å². The Kier molecular flexibility index (Phi) is 6.97. The summed E-state index contributed by atoms with van der Waals surface area (Å²) in [4.78, 5) is 24.8. The van der Waals surface area contributed by atoms with E-state index in [2.05, 4.69) is 57.5 Å². The summed E-state index contributed by atoms with van der Waals surface area (Å²) >= 11 is 0. The summed E-state index contributed by atoms with van der Waals surface area (Å²) in [5.41, 5.74) is 6.97. The van der Waals surface area contributed by atoms with Gasteiger partial charge in [-0.2, -0.15) is 10.2 Å². The number of carbonyl (C=O) groups is 2. The highest BCUT2D eigenvalue weighted by Crippen LogP contribution is 2.28. The van der Waals surface area contributed by atoms with Crippen LogP contribution in [0.4, 0.5) is 0 Å². The molecule has 0 aromatic heterocycles. The van der Waals surface area contributed by atoms with E-state index >= 15 is 0 Å². The maximum atomic E-state index is 12.4.